The Morgan fingerprint density at radius 1 is 1.33 bits per heavy atom. The van der Waals surface area contributed by atoms with Crippen molar-refractivity contribution in [2.45, 2.75) is 51.7 Å². The molecule has 0 aromatic heterocycles. The number of carbonyl (C=O) groups excluding carboxylic acids is 1. The number of ether oxygens (including phenoxy) is 1. The lowest BCUT2D eigenvalue weighted by Crippen LogP contribution is -2.38. The first kappa shape index (κ1) is 15.8. The van der Waals surface area contributed by atoms with E-state index >= 15 is 0 Å². The fraction of sp³-hybridized carbons (Fsp3) is 0.588. The van der Waals surface area contributed by atoms with Crippen LogP contribution in [0.1, 0.15) is 48.5 Å². The van der Waals surface area contributed by atoms with Crippen LogP contribution >= 0.6 is 0 Å². The summed E-state index contributed by atoms with van der Waals surface area (Å²) >= 11 is 0. The third kappa shape index (κ3) is 3.97. The first-order valence-electron chi connectivity index (χ1n) is 7.84. The molecule has 1 fully saturated rings. The number of rotatable bonds is 5. The van der Waals surface area contributed by atoms with Crippen LogP contribution in [-0.4, -0.2) is 31.7 Å². The number of hydrogen-bond donors (Lipinski definition) is 2. The quantitative estimate of drug-likeness (QED) is 0.876. The summed E-state index contributed by atoms with van der Waals surface area (Å²) in [6.07, 6.45) is 4.93. The van der Waals surface area contributed by atoms with Gasteiger partial charge in [-0.25, -0.2) is 0 Å². The molecule has 21 heavy (non-hydrogen) atoms. The maximum absolute atomic E-state index is 12.0. The standard InChI is InChI=1S/C17H26N2O2/c1-4-18-17(20)13-10-9-12(2)15(11-13)19-14-7-5-6-8-16(14)21-3/h9-11,14,16,19H,4-8H2,1-3H3,(H,18,20). The highest BCUT2D eigenvalue weighted by molar-refractivity contribution is 5.95. The van der Waals surface area contributed by atoms with E-state index in [9.17, 15) is 4.79 Å². The van der Waals surface area contributed by atoms with Gasteiger partial charge in [0.15, 0.2) is 0 Å². The van der Waals surface area contributed by atoms with Gasteiger partial charge >= 0.3 is 0 Å². The second-order valence-electron chi connectivity index (χ2n) is 5.70. The Morgan fingerprint density at radius 2 is 2.10 bits per heavy atom. The van der Waals surface area contributed by atoms with E-state index in [0.717, 1.165) is 24.1 Å². The van der Waals surface area contributed by atoms with Crippen LogP contribution < -0.4 is 10.6 Å². The summed E-state index contributed by atoms with van der Waals surface area (Å²) in [7, 11) is 1.78. The second-order valence-corrected chi connectivity index (χ2v) is 5.70. The summed E-state index contributed by atoms with van der Waals surface area (Å²) in [5.41, 5.74) is 2.89. The Morgan fingerprint density at radius 3 is 2.81 bits per heavy atom. The second kappa shape index (κ2) is 7.46. The zero-order valence-corrected chi connectivity index (χ0v) is 13.2. The SMILES string of the molecule is CCNC(=O)c1ccc(C)c(NC2CCCCC2OC)c1. The van der Waals surface area contributed by atoms with Gasteiger partial charge in [-0.3, -0.25) is 4.79 Å². The summed E-state index contributed by atoms with van der Waals surface area (Å²) < 4.78 is 5.59. The third-order valence-electron chi connectivity index (χ3n) is 4.18. The van der Waals surface area contributed by atoms with Crippen LogP contribution in [0.25, 0.3) is 0 Å². The lowest BCUT2D eigenvalue weighted by Gasteiger charge is -2.32. The van der Waals surface area contributed by atoms with E-state index in [-0.39, 0.29) is 12.0 Å². The molecule has 2 unspecified atom stereocenters. The molecule has 0 spiro atoms. The largest absolute Gasteiger partial charge is 0.379 e. The number of benzene rings is 1. The number of carbonyl (C=O) groups is 1. The van der Waals surface area contributed by atoms with Crippen LogP contribution in [0.2, 0.25) is 0 Å². The Hall–Kier alpha value is -1.55. The molecular weight excluding hydrogens is 264 g/mol. The molecule has 1 amide bonds. The van der Waals surface area contributed by atoms with Crippen molar-refractivity contribution in [1.82, 2.24) is 5.32 Å². The van der Waals surface area contributed by atoms with Crippen LogP contribution in [0, 0.1) is 6.92 Å². The van der Waals surface area contributed by atoms with E-state index in [1.165, 1.54) is 12.8 Å². The van der Waals surface area contributed by atoms with Crippen LogP contribution in [0.4, 0.5) is 5.69 Å². The smallest absolute Gasteiger partial charge is 0.251 e. The van der Waals surface area contributed by atoms with Crippen LogP contribution in [-0.2, 0) is 4.74 Å². The average Bonchev–Trinajstić information content (AvgIpc) is 2.50. The minimum atomic E-state index is -0.0208. The van der Waals surface area contributed by atoms with Gasteiger partial charge < -0.3 is 15.4 Å². The van der Waals surface area contributed by atoms with Gasteiger partial charge in [0, 0.05) is 24.9 Å². The number of aryl methyl sites for hydroxylation is 1. The van der Waals surface area contributed by atoms with Crippen molar-refractivity contribution < 1.29 is 9.53 Å². The summed E-state index contributed by atoms with van der Waals surface area (Å²) in [4.78, 5) is 12.0. The van der Waals surface area contributed by atoms with Gasteiger partial charge in [-0.15, -0.1) is 0 Å². The van der Waals surface area contributed by atoms with Crippen molar-refractivity contribution >= 4 is 11.6 Å². The molecule has 4 heteroatoms. The van der Waals surface area contributed by atoms with E-state index < -0.39 is 0 Å². The van der Waals surface area contributed by atoms with E-state index in [1.807, 2.05) is 25.1 Å². The van der Waals surface area contributed by atoms with E-state index in [2.05, 4.69) is 17.6 Å². The van der Waals surface area contributed by atoms with Crippen molar-refractivity contribution in [3.05, 3.63) is 29.3 Å². The molecule has 116 valence electrons. The Kier molecular flexibility index (Phi) is 5.62. The van der Waals surface area contributed by atoms with E-state index in [1.54, 1.807) is 7.11 Å². The molecule has 1 aliphatic rings. The minimum absolute atomic E-state index is 0.0208. The molecule has 0 heterocycles. The molecule has 0 radical (unpaired) electrons. The highest BCUT2D eigenvalue weighted by atomic mass is 16.5. The number of amides is 1. The van der Waals surface area contributed by atoms with Crippen molar-refractivity contribution in [3.63, 3.8) is 0 Å². The normalized spacial score (nSPS) is 21.9. The van der Waals surface area contributed by atoms with Gasteiger partial charge in [0.2, 0.25) is 0 Å². The van der Waals surface area contributed by atoms with Gasteiger partial charge in [-0.05, 0) is 44.4 Å². The van der Waals surface area contributed by atoms with Crippen molar-refractivity contribution in [2.24, 2.45) is 0 Å². The molecule has 2 N–H and O–H groups in total. The fourth-order valence-corrected chi connectivity index (χ4v) is 2.93. The minimum Gasteiger partial charge on any atom is -0.379 e. The first-order valence-corrected chi connectivity index (χ1v) is 7.84. The maximum Gasteiger partial charge on any atom is 0.251 e. The van der Waals surface area contributed by atoms with Gasteiger partial charge in [-0.2, -0.15) is 0 Å². The van der Waals surface area contributed by atoms with Crippen molar-refractivity contribution in [1.29, 1.82) is 0 Å². The fourth-order valence-electron chi connectivity index (χ4n) is 2.93. The van der Waals surface area contributed by atoms with Gasteiger partial charge in [0.05, 0.1) is 12.1 Å². The summed E-state index contributed by atoms with van der Waals surface area (Å²) in [6.45, 7) is 4.63. The first-order chi connectivity index (χ1) is 10.2. The summed E-state index contributed by atoms with van der Waals surface area (Å²) in [5.74, 6) is -0.0208. The molecule has 1 saturated carbocycles. The van der Waals surface area contributed by atoms with Crippen LogP contribution in [0.5, 0.6) is 0 Å². The third-order valence-corrected chi connectivity index (χ3v) is 4.18. The van der Waals surface area contributed by atoms with E-state index in [0.29, 0.717) is 18.2 Å². The predicted octanol–water partition coefficient (Wildman–Crippen LogP) is 3.11. The number of methoxy groups -OCH3 is 1. The van der Waals surface area contributed by atoms with Crippen LogP contribution in [0.3, 0.4) is 0 Å². The maximum atomic E-state index is 12.0. The highest BCUT2D eigenvalue weighted by Gasteiger charge is 2.25. The predicted molar refractivity (Wildman–Crippen MR) is 85.9 cm³/mol. The monoisotopic (exact) mass is 290 g/mol. The molecule has 0 bridgehead atoms. The van der Waals surface area contributed by atoms with Crippen molar-refractivity contribution in [2.75, 3.05) is 19.0 Å². The van der Waals surface area contributed by atoms with Crippen molar-refractivity contribution in [3.8, 4) is 0 Å². The number of nitrogens with one attached hydrogen (secondary N) is 2. The molecule has 1 aromatic rings. The number of anilines is 1. The zero-order valence-electron chi connectivity index (χ0n) is 13.2. The average molecular weight is 290 g/mol. The zero-order chi connectivity index (χ0) is 15.2. The molecular formula is C17H26N2O2. The summed E-state index contributed by atoms with van der Waals surface area (Å²) in [5, 5.41) is 6.42. The topological polar surface area (TPSA) is 50.4 Å². The molecule has 2 atom stereocenters. The lowest BCUT2D eigenvalue weighted by molar-refractivity contribution is 0.0606. The number of hydrogen-bond acceptors (Lipinski definition) is 3. The molecule has 1 aromatic carbocycles. The molecule has 2 rings (SSSR count). The highest BCUT2D eigenvalue weighted by Crippen LogP contribution is 2.26. The lowest BCUT2D eigenvalue weighted by atomic mass is 9.92. The Balaban J connectivity index is 2.14. The van der Waals surface area contributed by atoms with Gasteiger partial charge in [0.1, 0.15) is 0 Å². The van der Waals surface area contributed by atoms with Crippen LogP contribution in [0.15, 0.2) is 18.2 Å². The summed E-state index contributed by atoms with van der Waals surface area (Å²) in [6, 6.07) is 6.14. The molecule has 1 aliphatic carbocycles. The van der Waals surface area contributed by atoms with Gasteiger partial charge in [0.25, 0.3) is 5.91 Å². The molecule has 4 nitrogen and oxygen atoms in total. The van der Waals surface area contributed by atoms with E-state index in [4.69, 9.17) is 4.74 Å². The molecule has 0 aliphatic heterocycles. The molecule has 0 saturated heterocycles. The Bertz CT molecular complexity index is 488. The Labute approximate surface area is 127 Å². The van der Waals surface area contributed by atoms with Gasteiger partial charge in [-0.1, -0.05) is 18.9 Å².